The second-order valence-electron chi connectivity index (χ2n) is 8.26. The average molecular weight is 429 g/mol. The van der Waals surface area contributed by atoms with Crippen LogP contribution in [0.3, 0.4) is 0 Å². The van der Waals surface area contributed by atoms with Gasteiger partial charge in [0, 0.05) is 49.2 Å². The highest BCUT2D eigenvalue weighted by Gasteiger charge is 2.24. The van der Waals surface area contributed by atoms with E-state index in [4.69, 9.17) is 0 Å². The van der Waals surface area contributed by atoms with E-state index in [-0.39, 0.29) is 35.5 Å². The molecule has 0 aliphatic heterocycles. The fraction of sp³-hybridized carbons (Fsp3) is 0.478. The normalized spacial score (nSPS) is 10.9. The van der Waals surface area contributed by atoms with E-state index in [1.807, 2.05) is 50.7 Å². The van der Waals surface area contributed by atoms with Crippen molar-refractivity contribution in [1.29, 1.82) is 0 Å². The first-order valence-corrected chi connectivity index (χ1v) is 10.6. The van der Waals surface area contributed by atoms with Crippen LogP contribution in [0.5, 0.6) is 0 Å². The van der Waals surface area contributed by atoms with Gasteiger partial charge < -0.3 is 14.4 Å². The molecule has 8 nitrogen and oxygen atoms in total. The molecule has 0 unspecified atom stereocenters. The first kappa shape index (κ1) is 24.1. The number of aryl methyl sites for hydroxylation is 2. The van der Waals surface area contributed by atoms with Gasteiger partial charge in [0.1, 0.15) is 6.54 Å². The van der Waals surface area contributed by atoms with Gasteiger partial charge in [-0.15, -0.1) is 0 Å². The zero-order chi connectivity index (χ0) is 23.1. The minimum Gasteiger partial charge on any atom is -0.353 e. The largest absolute Gasteiger partial charge is 0.353 e. The molecule has 0 radical (unpaired) electrons. The summed E-state index contributed by atoms with van der Waals surface area (Å²) in [6.07, 6.45) is 2.61. The Morgan fingerprint density at radius 2 is 1.90 bits per heavy atom. The quantitative estimate of drug-likeness (QED) is 0.425. The third kappa shape index (κ3) is 6.41. The highest BCUT2D eigenvalue weighted by atomic mass is 16.6. The molecule has 2 aromatic rings. The van der Waals surface area contributed by atoms with Gasteiger partial charge in [-0.1, -0.05) is 26.8 Å². The predicted molar refractivity (Wildman–Crippen MR) is 120 cm³/mol. The van der Waals surface area contributed by atoms with E-state index in [0.29, 0.717) is 31.6 Å². The number of amides is 2. The zero-order valence-corrected chi connectivity index (χ0v) is 19.0. The van der Waals surface area contributed by atoms with Crippen LogP contribution in [-0.2, 0) is 18.4 Å². The molecule has 0 fully saturated rings. The lowest BCUT2D eigenvalue weighted by Gasteiger charge is -2.29. The summed E-state index contributed by atoms with van der Waals surface area (Å²) in [6, 6.07) is 8.34. The maximum absolute atomic E-state index is 13.2. The Morgan fingerprint density at radius 3 is 2.45 bits per heavy atom. The van der Waals surface area contributed by atoms with E-state index in [2.05, 4.69) is 0 Å². The Bertz CT molecular complexity index is 935. The van der Waals surface area contributed by atoms with Crippen LogP contribution < -0.4 is 0 Å². The maximum atomic E-state index is 13.2. The predicted octanol–water partition coefficient (Wildman–Crippen LogP) is 3.78. The van der Waals surface area contributed by atoms with Gasteiger partial charge >= 0.3 is 0 Å². The number of carbonyl (C=O) groups excluding carboxylic acids is 2. The van der Waals surface area contributed by atoms with Gasteiger partial charge in [0.05, 0.1) is 11.5 Å². The lowest BCUT2D eigenvalue weighted by atomic mass is 10.1. The zero-order valence-electron chi connectivity index (χ0n) is 19.0. The fourth-order valence-electron chi connectivity index (χ4n) is 3.46. The molecule has 0 aliphatic carbocycles. The third-order valence-electron chi connectivity index (χ3n) is 5.10. The van der Waals surface area contributed by atoms with Crippen molar-refractivity contribution < 1.29 is 14.5 Å². The number of benzene rings is 1. The van der Waals surface area contributed by atoms with Crippen LogP contribution >= 0.6 is 0 Å². The number of nitro benzene ring substituents is 1. The van der Waals surface area contributed by atoms with E-state index < -0.39 is 4.92 Å². The number of nitrogens with zero attached hydrogens (tertiary/aromatic N) is 4. The number of aromatic nitrogens is 1. The molecule has 0 atom stereocenters. The highest BCUT2D eigenvalue weighted by Crippen LogP contribution is 2.20. The summed E-state index contributed by atoms with van der Waals surface area (Å²) in [7, 11) is 1.94. The molecule has 8 heteroatoms. The second-order valence-corrected chi connectivity index (χ2v) is 8.26. The van der Waals surface area contributed by atoms with Crippen molar-refractivity contribution in [3.05, 3.63) is 63.5 Å². The summed E-state index contributed by atoms with van der Waals surface area (Å²) in [4.78, 5) is 40.3. The molecule has 0 spiro atoms. The van der Waals surface area contributed by atoms with Gasteiger partial charge in [-0.05, 0) is 37.5 Å². The monoisotopic (exact) mass is 428 g/mol. The van der Waals surface area contributed by atoms with Crippen LogP contribution in [0.25, 0.3) is 0 Å². The Labute approximate surface area is 183 Å². The number of hydrogen-bond acceptors (Lipinski definition) is 4. The summed E-state index contributed by atoms with van der Waals surface area (Å²) in [5.74, 6) is -0.237. The average Bonchev–Trinajstić information content (AvgIpc) is 3.10. The number of carbonyl (C=O) groups is 2. The molecule has 2 rings (SSSR count). The molecule has 0 aliphatic rings. The molecule has 0 saturated heterocycles. The lowest BCUT2D eigenvalue weighted by molar-refractivity contribution is -0.385. The molecular formula is C23H32N4O4. The molecule has 1 aromatic heterocycles. The minimum atomic E-state index is -0.494. The van der Waals surface area contributed by atoms with Gasteiger partial charge in [-0.2, -0.15) is 0 Å². The van der Waals surface area contributed by atoms with E-state index in [0.717, 1.165) is 5.69 Å². The first-order chi connectivity index (χ1) is 14.6. The smallest absolute Gasteiger partial charge is 0.273 e. The lowest BCUT2D eigenvalue weighted by Crippen LogP contribution is -2.44. The van der Waals surface area contributed by atoms with Gasteiger partial charge in [0.25, 0.3) is 11.6 Å². The van der Waals surface area contributed by atoms with Crippen LogP contribution in [0.15, 0.2) is 36.5 Å². The van der Waals surface area contributed by atoms with Gasteiger partial charge in [-0.3, -0.25) is 19.7 Å². The topological polar surface area (TPSA) is 88.7 Å². The molecule has 0 bridgehead atoms. The van der Waals surface area contributed by atoms with Crippen molar-refractivity contribution in [2.45, 2.75) is 40.7 Å². The number of rotatable bonds is 10. The molecule has 2 amide bonds. The summed E-state index contributed by atoms with van der Waals surface area (Å²) in [5, 5.41) is 11.3. The number of nitro groups is 1. The molecule has 168 valence electrons. The number of hydrogen-bond donors (Lipinski definition) is 0. The van der Waals surface area contributed by atoms with Crippen molar-refractivity contribution >= 4 is 17.5 Å². The molecule has 31 heavy (non-hydrogen) atoms. The standard InChI is InChI=1S/C23H32N4O4/c1-6-11-25(23(29)19-10-9-18(4)21(13-19)27(30)31)16-22(28)26(14-17(2)3)15-20-8-7-12-24(20)5/h7-10,12-13,17H,6,11,14-16H2,1-5H3. The van der Waals surface area contributed by atoms with E-state index in [1.165, 1.54) is 11.0 Å². The van der Waals surface area contributed by atoms with Gasteiger partial charge in [0.2, 0.25) is 5.91 Å². The van der Waals surface area contributed by atoms with Crippen LogP contribution in [0.4, 0.5) is 5.69 Å². The summed E-state index contributed by atoms with van der Waals surface area (Å²) >= 11 is 0. The molecule has 0 saturated carbocycles. The Morgan fingerprint density at radius 1 is 1.19 bits per heavy atom. The molecule has 1 aromatic carbocycles. The van der Waals surface area contributed by atoms with Crippen molar-refractivity contribution in [3.63, 3.8) is 0 Å². The molecule has 0 N–H and O–H groups in total. The highest BCUT2D eigenvalue weighted by molar-refractivity contribution is 5.97. The van der Waals surface area contributed by atoms with Crippen LogP contribution in [0, 0.1) is 23.0 Å². The van der Waals surface area contributed by atoms with Gasteiger partial charge in [0.15, 0.2) is 0 Å². The summed E-state index contributed by atoms with van der Waals surface area (Å²) in [5.41, 5.74) is 1.62. The van der Waals surface area contributed by atoms with Crippen LogP contribution in [-0.4, -0.2) is 50.7 Å². The van der Waals surface area contributed by atoms with E-state index in [9.17, 15) is 19.7 Å². The summed E-state index contributed by atoms with van der Waals surface area (Å²) < 4.78 is 1.97. The van der Waals surface area contributed by atoms with Gasteiger partial charge in [-0.25, -0.2) is 0 Å². The first-order valence-electron chi connectivity index (χ1n) is 10.6. The molecule has 1 heterocycles. The van der Waals surface area contributed by atoms with E-state index in [1.54, 1.807) is 24.0 Å². The third-order valence-corrected chi connectivity index (χ3v) is 5.10. The molecular weight excluding hydrogens is 396 g/mol. The Balaban J connectivity index is 2.23. The Hall–Kier alpha value is -3.16. The van der Waals surface area contributed by atoms with Crippen molar-refractivity contribution in [2.75, 3.05) is 19.6 Å². The van der Waals surface area contributed by atoms with Crippen LogP contribution in [0.1, 0.15) is 48.8 Å². The fourth-order valence-corrected chi connectivity index (χ4v) is 3.46. The van der Waals surface area contributed by atoms with E-state index >= 15 is 0 Å². The summed E-state index contributed by atoms with van der Waals surface area (Å²) in [6.45, 7) is 9.03. The van der Waals surface area contributed by atoms with Crippen molar-refractivity contribution in [1.82, 2.24) is 14.4 Å². The second kappa shape index (κ2) is 10.7. The minimum absolute atomic E-state index is 0.0640. The SMILES string of the molecule is CCCN(CC(=O)N(Cc1cccn1C)CC(C)C)C(=O)c1ccc(C)c([N+](=O)[O-])c1. The van der Waals surface area contributed by atoms with Crippen LogP contribution in [0.2, 0.25) is 0 Å². The Kier molecular flexibility index (Phi) is 8.36. The maximum Gasteiger partial charge on any atom is 0.273 e. The van der Waals surface area contributed by atoms with Crippen molar-refractivity contribution in [3.8, 4) is 0 Å². The van der Waals surface area contributed by atoms with Crippen molar-refractivity contribution in [2.24, 2.45) is 13.0 Å².